The Morgan fingerprint density at radius 1 is 1.38 bits per heavy atom. The molecule has 4 heteroatoms. The van der Waals surface area contributed by atoms with Gasteiger partial charge in [0.1, 0.15) is 0 Å². The molecule has 3 nitrogen and oxygen atoms in total. The van der Waals surface area contributed by atoms with E-state index in [4.69, 9.17) is 0 Å². The zero-order valence-corrected chi connectivity index (χ0v) is 4.68. The molecule has 0 aromatic rings. The topological polar surface area (TPSA) is 41.8 Å². The molecule has 1 amide bonds. The van der Waals surface area contributed by atoms with E-state index in [1.165, 1.54) is 12.4 Å². The van der Waals surface area contributed by atoms with Crippen LogP contribution in [0.2, 0.25) is 0 Å². The minimum absolute atomic E-state index is 0.0347. The Morgan fingerprint density at radius 3 is 2.38 bits per heavy atom. The molecular weight excluding hydrogens is 124 g/mol. The third-order valence-electron chi connectivity index (χ3n) is 0.633. The second kappa shape index (κ2) is 1.92. The summed E-state index contributed by atoms with van der Waals surface area (Å²) >= 11 is 4.47. The van der Waals surface area contributed by atoms with E-state index in [0.29, 0.717) is 0 Å². The largest absolute Gasteiger partial charge is 0.306 e. The number of nitrogens with zero attached hydrogens (tertiary/aromatic N) is 2. The Bertz CT molecular complexity index is 172. The first kappa shape index (κ1) is 5.24. The molecule has 0 radical (unpaired) electrons. The predicted octanol–water partition coefficient (Wildman–Crippen LogP) is -0.00440. The Hall–Kier alpha value is -0.900. The summed E-state index contributed by atoms with van der Waals surface area (Å²) in [5.74, 6) is -0.428. The number of hydrogen-bond donors (Lipinski definition) is 0. The molecule has 0 bridgehead atoms. The lowest BCUT2D eigenvalue weighted by atomic mass is 10.5. The van der Waals surface area contributed by atoms with Crippen LogP contribution in [0.15, 0.2) is 9.98 Å². The van der Waals surface area contributed by atoms with Crippen LogP contribution in [-0.4, -0.2) is 23.3 Å². The van der Waals surface area contributed by atoms with Gasteiger partial charge in [-0.2, -0.15) is 0 Å². The lowest BCUT2D eigenvalue weighted by Gasteiger charge is -1.90. The van der Waals surface area contributed by atoms with Crippen LogP contribution in [0.4, 0.5) is 0 Å². The Balaban J connectivity index is 2.89. The predicted molar refractivity (Wildman–Crippen MR) is 34.6 cm³/mol. The molecule has 40 valence electrons. The third-order valence-corrected chi connectivity index (χ3v) is 0.913. The maximum atomic E-state index is 10.3. The molecule has 0 atom stereocenters. The van der Waals surface area contributed by atoms with Crippen LogP contribution in [0.25, 0.3) is 0 Å². The van der Waals surface area contributed by atoms with Crippen molar-refractivity contribution in [3.63, 3.8) is 0 Å². The summed E-state index contributed by atoms with van der Waals surface area (Å²) in [7, 11) is 0. The highest BCUT2D eigenvalue weighted by Crippen LogP contribution is 1.87. The van der Waals surface area contributed by atoms with E-state index in [0.717, 1.165) is 0 Å². The number of amides is 1. The number of carbonyl (C=O) groups is 1. The third kappa shape index (κ3) is 0.840. The number of hydrogen-bond acceptors (Lipinski definition) is 2. The standard InChI is InChI=1S/C4H2N2OS/c7-3-4(8)6-2-1-5-3/h1-2H. The second-order valence-corrected chi connectivity index (χ2v) is 1.55. The summed E-state index contributed by atoms with van der Waals surface area (Å²) < 4.78 is 0. The molecule has 1 aliphatic rings. The number of rotatable bonds is 0. The van der Waals surface area contributed by atoms with Crippen molar-refractivity contribution in [2.24, 2.45) is 9.98 Å². The van der Waals surface area contributed by atoms with Crippen molar-refractivity contribution >= 4 is 35.5 Å². The summed E-state index contributed by atoms with van der Waals surface area (Å²) in [4.78, 5) is 17.3. The van der Waals surface area contributed by atoms with Crippen molar-refractivity contribution in [1.82, 2.24) is 0 Å². The summed E-state index contributed by atoms with van der Waals surface area (Å²) in [5.41, 5.74) is 0. The van der Waals surface area contributed by atoms with Crippen molar-refractivity contribution in [2.45, 2.75) is 0 Å². The van der Waals surface area contributed by atoms with Crippen LogP contribution >= 0.6 is 12.2 Å². The molecule has 0 saturated carbocycles. The zero-order valence-electron chi connectivity index (χ0n) is 3.87. The monoisotopic (exact) mass is 126 g/mol. The van der Waals surface area contributed by atoms with E-state index < -0.39 is 5.91 Å². The average molecular weight is 126 g/mol. The number of carbonyl (C=O) groups excluding carboxylic acids is 1. The zero-order chi connectivity index (χ0) is 5.98. The fraction of sp³-hybridized carbons (Fsp3) is 0. The van der Waals surface area contributed by atoms with Gasteiger partial charge in [-0.3, -0.25) is 4.79 Å². The van der Waals surface area contributed by atoms with Crippen LogP contribution in [0.1, 0.15) is 0 Å². The Kier molecular flexibility index (Phi) is 1.26. The van der Waals surface area contributed by atoms with E-state index in [2.05, 4.69) is 22.2 Å². The average Bonchev–Trinajstić information content (AvgIpc) is 1.77. The fourth-order valence-electron chi connectivity index (χ4n) is 0.312. The van der Waals surface area contributed by atoms with E-state index in [-0.39, 0.29) is 4.99 Å². The van der Waals surface area contributed by atoms with Gasteiger partial charge in [-0.15, -0.1) is 0 Å². The highest BCUT2D eigenvalue weighted by atomic mass is 32.1. The summed E-state index contributed by atoms with van der Waals surface area (Å²) in [6.07, 6.45) is 2.71. The van der Waals surface area contributed by atoms with Crippen molar-refractivity contribution in [3.8, 4) is 0 Å². The van der Waals surface area contributed by atoms with Gasteiger partial charge in [0, 0.05) is 12.4 Å². The highest BCUT2D eigenvalue weighted by Gasteiger charge is 2.05. The first-order chi connectivity index (χ1) is 3.80. The molecule has 0 unspecified atom stereocenters. The van der Waals surface area contributed by atoms with Crippen LogP contribution in [0, 0.1) is 0 Å². The number of thiocarbonyl (C=S) groups is 1. The Morgan fingerprint density at radius 2 is 2.00 bits per heavy atom. The maximum Gasteiger partial charge on any atom is 0.306 e. The van der Waals surface area contributed by atoms with Crippen molar-refractivity contribution in [2.75, 3.05) is 0 Å². The fourth-order valence-corrected chi connectivity index (χ4v) is 0.426. The van der Waals surface area contributed by atoms with E-state index in [1.54, 1.807) is 0 Å². The summed E-state index contributed by atoms with van der Waals surface area (Å²) in [6, 6.07) is 0. The molecule has 0 saturated heterocycles. The molecule has 0 aliphatic carbocycles. The van der Waals surface area contributed by atoms with Crippen LogP contribution in [0.5, 0.6) is 0 Å². The van der Waals surface area contributed by atoms with Gasteiger partial charge in [-0.1, -0.05) is 12.2 Å². The number of aliphatic imine (C=N–C) groups is 2. The van der Waals surface area contributed by atoms with Crippen molar-refractivity contribution in [3.05, 3.63) is 0 Å². The quantitative estimate of drug-likeness (QED) is 0.428. The van der Waals surface area contributed by atoms with Crippen LogP contribution in [-0.2, 0) is 4.79 Å². The smallest absolute Gasteiger partial charge is 0.264 e. The van der Waals surface area contributed by atoms with Crippen molar-refractivity contribution in [1.29, 1.82) is 0 Å². The first-order valence-corrected chi connectivity index (χ1v) is 2.36. The lowest BCUT2D eigenvalue weighted by Crippen LogP contribution is -2.10. The molecule has 0 N–H and O–H groups in total. The normalized spacial score (nSPS) is 17.5. The van der Waals surface area contributed by atoms with Crippen LogP contribution < -0.4 is 0 Å². The minimum atomic E-state index is -0.428. The van der Waals surface area contributed by atoms with E-state index in [9.17, 15) is 4.79 Å². The van der Waals surface area contributed by atoms with Gasteiger partial charge in [0.25, 0.3) is 0 Å². The SMILES string of the molecule is O=C1N=CC=NC1=S. The molecule has 0 aromatic heterocycles. The summed E-state index contributed by atoms with van der Waals surface area (Å²) in [5, 5.41) is 0. The van der Waals surface area contributed by atoms with E-state index >= 15 is 0 Å². The van der Waals surface area contributed by atoms with Gasteiger partial charge < -0.3 is 0 Å². The van der Waals surface area contributed by atoms with Gasteiger partial charge in [0.2, 0.25) is 0 Å². The van der Waals surface area contributed by atoms with Gasteiger partial charge in [0.05, 0.1) is 0 Å². The highest BCUT2D eigenvalue weighted by molar-refractivity contribution is 7.82. The molecule has 1 aliphatic heterocycles. The van der Waals surface area contributed by atoms with Gasteiger partial charge >= 0.3 is 5.91 Å². The molecule has 1 rings (SSSR count). The molecule has 8 heavy (non-hydrogen) atoms. The summed E-state index contributed by atoms with van der Waals surface area (Å²) in [6.45, 7) is 0. The Labute approximate surface area is 51.1 Å². The second-order valence-electron chi connectivity index (χ2n) is 1.17. The molecular formula is C4H2N2OS. The maximum absolute atomic E-state index is 10.3. The minimum Gasteiger partial charge on any atom is -0.264 e. The van der Waals surface area contributed by atoms with Gasteiger partial charge in [-0.25, -0.2) is 9.98 Å². The molecule has 0 fully saturated rings. The van der Waals surface area contributed by atoms with Gasteiger partial charge in [0.15, 0.2) is 4.99 Å². The van der Waals surface area contributed by atoms with Crippen LogP contribution in [0.3, 0.4) is 0 Å². The lowest BCUT2D eigenvalue weighted by molar-refractivity contribution is -0.111. The van der Waals surface area contributed by atoms with Crippen molar-refractivity contribution < 1.29 is 4.79 Å². The molecule has 0 aromatic carbocycles. The first-order valence-electron chi connectivity index (χ1n) is 1.96. The van der Waals surface area contributed by atoms with E-state index in [1.807, 2.05) is 0 Å². The molecule has 1 heterocycles. The molecule has 0 spiro atoms. The van der Waals surface area contributed by atoms with Gasteiger partial charge in [-0.05, 0) is 0 Å².